The Hall–Kier alpha value is -4.28. The summed E-state index contributed by atoms with van der Waals surface area (Å²) in [5.41, 5.74) is 4.64. The van der Waals surface area contributed by atoms with Gasteiger partial charge in [-0.1, -0.05) is 66.1 Å². The molecule has 0 fully saturated rings. The third-order valence-corrected chi connectivity index (χ3v) is 5.49. The van der Waals surface area contributed by atoms with Gasteiger partial charge in [-0.25, -0.2) is 9.59 Å². The molecule has 0 atom stereocenters. The Labute approximate surface area is 200 Å². The van der Waals surface area contributed by atoms with Gasteiger partial charge in [-0.15, -0.1) is 0 Å². The molecule has 1 aliphatic rings. The van der Waals surface area contributed by atoms with E-state index in [4.69, 9.17) is 21.4 Å². The topological polar surface area (TPSA) is 105 Å². The lowest BCUT2D eigenvalue weighted by Gasteiger charge is -2.14. The van der Waals surface area contributed by atoms with Crippen LogP contribution in [0.25, 0.3) is 11.1 Å². The van der Waals surface area contributed by atoms with Crippen molar-refractivity contribution < 1.29 is 24.2 Å². The van der Waals surface area contributed by atoms with Gasteiger partial charge < -0.3 is 20.5 Å². The van der Waals surface area contributed by atoms with Crippen molar-refractivity contribution in [1.29, 1.82) is 0 Å². The number of carboxylic acids is 1. The molecule has 8 heteroatoms. The molecular formula is C26H19ClN2O5. The van der Waals surface area contributed by atoms with E-state index < -0.39 is 18.0 Å². The Morgan fingerprint density at radius 1 is 0.971 bits per heavy atom. The molecule has 0 spiro atoms. The van der Waals surface area contributed by atoms with Crippen LogP contribution < -0.4 is 10.6 Å². The summed E-state index contributed by atoms with van der Waals surface area (Å²) in [5.74, 6) is 2.95. The predicted molar refractivity (Wildman–Crippen MR) is 128 cm³/mol. The highest BCUT2D eigenvalue weighted by Gasteiger charge is 2.28. The van der Waals surface area contributed by atoms with Crippen LogP contribution in [0.5, 0.6) is 0 Å². The number of halogens is 1. The minimum absolute atomic E-state index is 0.0524. The van der Waals surface area contributed by atoms with Crippen LogP contribution in [0.4, 0.5) is 10.5 Å². The minimum Gasteiger partial charge on any atom is -0.478 e. The number of ether oxygens (including phenoxy) is 1. The van der Waals surface area contributed by atoms with Crippen molar-refractivity contribution in [2.75, 3.05) is 18.5 Å². The Kier molecular flexibility index (Phi) is 6.81. The molecular weight excluding hydrogens is 456 g/mol. The summed E-state index contributed by atoms with van der Waals surface area (Å²) in [4.78, 5) is 35.2. The fourth-order valence-corrected chi connectivity index (χ4v) is 4.07. The number of hydrogen-bond donors (Lipinski definition) is 3. The standard InChI is InChI=1S/C26H19ClN2O5/c27-17-12-16(25(31)32)13-18(14-17)29-24(30)10-5-11-28-26(33)34-15-23-21-8-3-1-6-19(21)20-7-2-4-9-22(20)23/h1-4,6-9,12-14,23H,11,15H2,(H,28,33)(H,29,30)(H,31,32). The second-order valence-electron chi connectivity index (χ2n) is 7.47. The monoisotopic (exact) mass is 474 g/mol. The van der Waals surface area contributed by atoms with Crippen molar-refractivity contribution in [2.24, 2.45) is 0 Å². The lowest BCUT2D eigenvalue weighted by Crippen LogP contribution is -2.26. The first kappa shape index (κ1) is 22.9. The fourth-order valence-electron chi connectivity index (χ4n) is 3.84. The van der Waals surface area contributed by atoms with Crippen molar-refractivity contribution in [3.8, 4) is 23.0 Å². The second kappa shape index (κ2) is 10.1. The summed E-state index contributed by atoms with van der Waals surface area (Å²) in [7, 11) is 0. The fraction of sp³-hybridized carbons (Fsp3) is 0.115. The van der Waals surface area contributed by atoms with E-state index in [1.807, 2.05) is 36.4 Å². The highest BCUT2D eigenvalue weighted by Crippen LogP contribution is 2.44. The molecule has 4 rings (SSSR count). The molecule has 0 bridgehead atoms. The highest BCUT2D eigenvalue weighted by atomic mass is 35.5. The van der Waals surface area contributed by atoms with Gasteiger partial charge in [0.15, 0.2) is 0 Å². The number of alkyl carbamates (subject to hydrolysis) is 1. The third-order valence-electron chi connectivity index (χ3n) is 5.27. The van der Waals surface area contributed by atoms with Crippen molar-refractivity contribution in [3.05, 3.63) is 88.4 Å². The van der Waals surface area contributed by atoms with Crippen LogP contribution in [0.2, 0.25) is 5.02 Å². The molecule has 0 saturated carbocycles. The first-order chi connectivity index (χ1) is 16.4. The summed E-state index contributed by atoms with van der Waals surface area (Å²) < 4.78 is 5.40. The van der Waals surface area contributed by atoms with E-state index in [0.717, 1.165) is 22.3 Å². The Morgan fingerprint density at radius 3 is 2.26 bits per heavy atom. The van der Waals surface area contributed by atoms with Crippen LogP contribution in [0, 0.1) is 11.8 Å². The maximum atomic E-state index is 12.1. The number of anilines is 1. The molecule has 0 aliphatic heterocycles. The minimum atomic E-state index is -1.17. The number of rotatable bonds is 5. The van der Waals surface area contributed by atoms with E-state index in [0.29, 0.717) is 0 Å². The number of benzene rings is 3. The molecule has 3 N–H and O–H groups in total. The quantitative estimate of drug-likeness (QED) is 0.472. The van der Waals surface area contributed by atoms with Crippen LogP contribution in [0.15, 0.2) is 66.7 Å². The largest absolute Gasteiger partial charge is 0.478 e. The third kappa shape index (κ3) is 5.20. The molecule has 7 nitrogen and oxygen atoms in total. The molecule has 0 heterocycles. The van der Waals surface area contributed by atoms with Gasteiger partial charge in [0.25, 0.3) is 5.91 Å². The number of carboxylic acid groups (broad SMARTS) is 1. The number of aromatic carboxylic acids is 1. The van der Waals surface area contributed by atoms with E-state index in [1.165, 1.54) is 18.2 Å². The van der Waals surface area contributed by atoms with Crippen LogP contribution in [-0.2, 0) is 9.53 Å². The van der Waals surface area contributed by atoms with Gasteiger partial charge in [0.1, 0.15) is 6.61 Å². The zero-order valence-corrected chi connectivity index (χ0v) is 18.6. The Balaban J connectivity index is 1.28. The van der Waals surface area contributed by atoms with Crippen LogP contribution in [-0.4, -0.2) is 36.2 Å². The van der Waals surface area contributed by atoms with Gasteiger partial charge in [0, 0.05) is 16.6 Å². The normalized spacial score (nSPS) is 11.4. The van der Waals surface area contributed by atoms with Crippen LogP contribution in [0.1, 0.15) is 27.4 Å². The number of carbonyl (C=O) groups excluding carboxylic acids is 2. The first-order valence-electron chi connectivity index (χ1n) is 10.3. The Bertz CT molecular complexity index is 1300. The summed E-state index contributed by atoms with van der Waals surface area (Å²) in [6.07, 6.45) is -0.641. The average molecular weight is 475 g/mol. The summed E-state index contributed by atoms with van der Waals surface area (Å²) in [6, 6.07) is 20.0. The molecule has 0 unspecified atom stereocenters. The zero-order chi connectivity index (χ0) is 24.1. The maximum absolute atomic E-state index is 12.1. The number of carbonyl (C=O) groups is 3. The van der Waals surface area contributed by atoms with Crippen molar-refractivity contribution in [3.63, 3.8) is 0 Å². The van der Waals surface area contributed by atoms with Gasteiger partial charge >= 0.3 is 12.1 Å². The van der Waals surface area contributed by atoms with Gasteiger partial charge in [-0.2, -0.15) is 0 Å². The summed E-state index contributed by atoms with van der Waals surface area (Å²) >= 11 is 5.86. The molecule has 170 valence electrons. The summed E-state index contributed by atoms with van der Waals surface area (Å²) in [6.45, 7) is 0.0778. The molecule has 34 heavy (non-hydrogen) atoms. The van der Waals surface area contributed by atoms with Gasteiger partial charge in [0.05, 0.1) is 12.1 Å². The van der Waals surface area contributed by atoms with Crippen molar-refractivity contribution >= 4 is 35.3 Å². The SMILES string of the molecule is O=C(C#CCNC(=O)OCC1c2ccccc2-c2ccccc21)Nc1cc(Cl)cc(C(=O)O)c1. The van der Waals surface area contributed by atoms with E-state index >= 15 is 0 Å². The molecule has 3 aromatic carbocycles. The molecule has 2 amide bonds. The van der Waals surface area contributed by atoms with Crippen LogP contribution >= 0.6 is 11.6 Å². The maximum Gasteiger partial charge on any atom is 0.407 e. The van der Waals surface area contributed by atoms with E-state index in [1.54, 1.807) is 0 Å². The molecule has 3 aromatic rings. The number of hydrogen-bond acceptors (Lipinski definition) is 4. The molecule has 0 radical (unpaired) electrons. The van der Waals surface area contributed by atoms with Crippen molar-refractivity contribution in [1.82, 2.24) is 5.32 Å². The van der Waals surface area contributed by atoms with Gasteiger partial charge in [0.2, 0.25) is 0 Å². The molecule has 0 saturated heterocycles. The van der Waals surface area contributed by atoms with E-state index in [-0.39, 0.29) is 35.3 Å². The van der Waals surface area contributed by atoms with Crippen LogP contribution in [0.3, 0.4) is 0 Å². The van der Waals surface area contributed by atoms with E-state index in [9.17, 15) is 14.4 Å². The average Bonchev–Trinajstić information content (AvgIpc) is 3.14. The highest BCUT2D eigenvalue weighted by molar-refractivity contribution is 6.31. The first-order valence-corrected chi connectivity index (χ1v) is 10.7. The predicted octanol–water partition coefficient (Wildman–Crippen LogP) is 4.52. The lowest BCUT2D eigenvalue weighted by molar-refractivity contribution is -0.111. The van der Waals surface area contributed by atoms with E-state index in [2.05, 4.69) is 34.6 Å². The smallest absolute Gasteiger partial charge is 0.407 e. The number of amides is 2. The summed E-state index contributed by atoms with van der Waals surface area (Å²) in [5, 5.41) is 14.2. The van der Waals surface area contributed by atoms with Gasteiger partial charge in [-0.05, 0) is 46.4 Å². The number of fused-ring (bicyclic) bond motifs is 3. The zero-order valence-electron chi connectivity index (χ0n) is 17.8. The molecule has 0 aromatic heterocycles. The second-order valence-corrected chi connectivity index (χ2v) is 7.91. The lowest BCUT2D eigenvalue weighted by atomic mass is 9.98. The molecule has 1 aliphatic carbocycles. The number of nitrogens with one attached hydrogen (secondary N) is 2. The van der Waals surface area contributed by atoms with Gasteiger partial charge in [-0.3, -0.25) is 4.79 Å². The Morgan fingerprint density at radius 2 is 1.62 bits per heavy atom. The van der Waals surface area contributed by atoms with Crippen molar-refractivity contribution in [2.45, 2.75) is 5.92 Å².